The maximum atomic E-state index is 13.2. The quantitative estimate of drug-likeness (QED) is 0.219. The van der Waals surface area contributed by atoms with Crippen LogP contribution in [0.5, 0.6) is 0 Å². The number of ketones is 1. The highest BCUT2D eigenvalue weighted by molar-refractivity contribution is 6.09. The fraction of sp³-hybridized carbons (Fsp3) is 0.400. The maximum absolute atomic E-state index is 13.2. The van der Waals surface area contributed by atoms with Crippen molar-refractivity contribution in [3.05, 3.63) is 71.3 Å². The normalized spacial score (nSPS) is 10.9. The Balaban J connectivity index is 2.30. The number of amides is 2. The predicted octanol–water partition coefficient (Wildman–Crippen LogP) is -0.297. The van der Waals surface area contributed by atoms with Gasteiger partial charge < -0.3 is 30.2 Å². The predicted molar refractivity (Wildman–Crippen MR) is 125 cm³/mol. The summed E-state index contributed by atoms with van der Waals surface area (Å²) in [6, 6.07) is 15.4. The van der Waals surface area contributed by atoms with Crippen LogP contribution in [-0.4, -0.2) is 100 Å². The molecule has 4 N–H and O–H groups in total. The van der Waals surface area contributed by atoms with Crippen molar-refractivity contribution in [2.45, 2.75) is 6.42 Å². The number of hydrogen-bond donors (Lipinski definition) is 4. The lowest BCUT2D eigenvalue weighted by Crippen LogP contribution is -2.49. The first kappa shape index (κ1) is 27.1. The van der Waals surface area contributed by atoms with Gasteiger partial charge in [-0.2, -0.15) is 0 Å². The summed E-state index contributed by atoms with van der Waals surface area (Å²) in [4.78, 5) is 41.5. The molecule has 0 radical (unpaired) electrons. The first-order chi connectivity index (χ1) is 16.5. The number of aliphatic hydroxyl groups is 4. The zero-order chi connectivity index (χ0) is 24.9. The van der Waals surface area contributed by atoms with Crippen LogP contribution in [0.15, 0.2) is 54.6 Å². The number of hydrogen-bond acceptors (Lipinski definition) is 7. The Kier molecular flexibility index (Phi) is 11.3. The summed E-state index contributed by atoms with van der Waals surface area (Å²) in [5.74, 6) is -2.48. The lowest BCUT2D eigenvalue weighted by Gasteiger charge is -2.30. The smallest absolute Gasteiger partial charge is 0.235 e. The van der Waals surface area contributed by atoms with E-state index in [4.69, 9.17) is 0 Å². The van der Waals surface area contributed by atoms with Crippen molar-refractivity contribution in [2.24, 2.45) is 5.92 Å². The maximum Gasteiger partial charge on any atom is 0.235 e. The highest BCUT2D eigenvalue weighted by atomic mass is 16.3. The first-order valence-electron chi connectivity index (χ1n) is 11.2. The summed E-state index contributed by atoms with van der Waals surface area (Å²) in [5, 5.41) is 37.2. The van der Waals surface area contributed by atoms with Gasteiger partial charge in [0.15, 0.2) is 5.78 Å². The molecular weight excluding hydrogens is 440 g/mol. The van der Waals surface area contributed by atoms with Crippen molar-refractivity contribution in [3.63, 3.8) is 0 Å². The van der Waals surface area contributed by atoms with Crippen LogP contribution in [0.25, 0.3) is 0 Å². The van der Waals surface area contributed by atoms with Gasteiger partial charge in [0.25, 0.3) is 0 Å². The fourth-order valence-corrected chi connectivity index (χ4v) is 3.65. The molecule has 0 bridgehead atoms. The van der Waals surface area contributed by atoms with Gasteiger partial charge in [-0.1, -0.05) is 54.6 Å². The van der Waals surface area contributed by atoms with Gasteiger partial charge in [0.1, 0.15) is 5.92 Å². The topological polar surface area (TPSA) is 139 Å². The highest BCUT2D eigenvalue weighted by Crippen LogP contribution is 2.18. The number of aliphatic hydroxyl groups excluding tert-OH is 4. The van der Waals surface area contributed by atoms with E-state index in [0.29, 0.717) is 16.7 Å². The molecule has 0 spiro atoms. The summed E-state index contributed by atoms with van der Waals surface area (Å²) in [6.45, 7) is -1.53. The van der Waals surface area contributed by atoms with E-state index in [1.54, 1.807) is 48.5 Å². The molecule has 0 aliphatic rings. The average molecular weight is 473 g/mol. The Labute approximate surface area is 198 Å². The molecule has 0 heterocycles. The molecular formula is C25H32N2O7. The third kappa shape index (κ3) is 7.46. The molecule has 0 aliphatic carbocycles. The Morgan fingerprint density at radius 1 is 0.618 bits per heavy atom. The number of rotatable bonds is 14. The minimum atomic E-state index is -1.19. The molecule has 0 aromatic heterocycles. The van der Waals surface area contributed by atoms with E-state index in [2.05, 4.69) is 0 Å². The van der Waals surface area contributed by atoms with Gasteiger partial charge in [0, 0.05) is 37.3 Å². The minimum absolute atomic E-state index is 0.0121. The molecule has 2 rings (SSSR count). The number of nitrogens with zero attached hydrogens (tertiary/aromatic N) is 2. The molecule has 2 amide bonds. The summed E-state index contributed by atoms with van der Waals surface area (Å²) >= 11 is 0. The Morgan fingerprint density at radius 2 is 1.03 bits per heavy atom. The molecule has 0 atom stereocenters. The van der Waals surface area contributed by atoms with Crippen molar-refractivity contribution < 1.29 is 34.8 Å². The highest BCUT2D eigenvalue weighted by Gasteiger charge is 2.33. The van der Waals surface area contributed by atoms with Crippen LogP contribution < -0.4 is 0 Å². The molecule has 9 heteroatoms. The van der Waals surface area contributed by atoms with Crippen molar-refractivity contribution in [1.29, 1.82) is 0 Å². The minimum Gasteiger partial charge on any atom is -0.395 e. The first-order valence-corrected chi connectivity index (χ1v) is 11.2. The molecule has 0 aliphatic heterocycles. The molecule has 0 saturated heterocycles. The number of carbonyl (C=O) groups excluding carboxylic acids is 3. The zero-order valence-corrected chi connectivity index (χ0v) is 19.0. The summed E-state index contributed by atoms with van der Waals surface area (Å²) < 4.78 is 0. The lowest BCUT2D eigenvalue weighted by molar-refractivity contribution is -0.148. The molecule has 0 fully saturated rings. The average Bonchev–Trinajstić information content (AvgIpc) is 2.86. The van der Waals surface area contributed by atoms with E-state index < -0.39 is 17.7 Å². The second kappa shape index (κ2) is 14.2. The van der Waals surface area contributed by atoms with Crippen LogP contribution in [0.4, 0.5) is 0 Å². The second-order valence-electron chi connectivity index (χ2n) is 7.69. The molecule has 0 saturated carbocycles. The van der Waals surface area contributed by atoms with Crippen molar-refractivity contribution >= 4 is 17.6 Å². The van der Waals surface area contributed by atoms with E-state index in [1.165, 1.54) is 9.80 Å². The van der Waals surface area contributed by atoms with Crippen molar-refractivity contribution in [2.75, 3.05) is 52.6 Å². The van der Waals surface area contributed by atoms with Crippen LogP contribution in [0, 0.1) is 5.92 Å². The van der Waals surface area contributed by atoms with E-state index in [-0.39, 0.29) is 64.8 Å². The van der Waals surface area contributed by atoms with Crippen LogP contribution >= 0.6 is 0 Å². The van der Waals surface area contributed by atoms with Gasteiger partial charge in [-0.3, -0.25) is 14.4 Å². The van der Waals surface area contributed by atoms with E-state index in [9.17, 15) is 34.8 Å². The van der Waals surface area contributed by atoms with Gasteiger partial charge in [-0.05, 0) is 12.0 Å². The van der Waals surface area contributed by atoms with Crippen molar-refractivity contribution in [3.8, 4) is 0 Å². The SMILES string of the molecule is O=C(c1ccccc1)c1ccc(CC(C(=O)N(CCO)CCO)C(=O)N(CCO)CCO)cc1. The Bertz CT molecular complexity index is 879. The van der Waals surface area contributed by atoms with E-state index >= 15 is 0 Å². The largest absolute Gasteiger partial charge is 0.395 e. The van der Waals surface area contributed by atoms with Gasteiger partial charge in [-0.25, -0.2) is 0 Å². The number of carbonyl (C=O) groups is 3. The fourth-order valence-electron chi connectivity index (χ4n) is 3.65. The Hall–Kier alpha value is -3.11. The molecule has 2 aromatic carbocycles. The van der Waals surface area contributed by atoms with E-state index in [0.717, 1.165) is 0 Å². The Morgan fingerprint density at radius 3 is 1.44 bits per heavy atom. The summed E-state index contributed by atoms with van der Waals surface area (Å²) in [7, 11) is 0. The summed E-state index contributed by atoms with van der Waals surface area (Å²) in [6.07, 6.45) is 0.0121. The third-order valence-corrected chi connectivity index (χ3v) is 5.39. The van der Waals surface area contributed by atoms with E-state index in [1.807, 2.05) is 6.07 Å². The third-order valence-electron chi connectivity index (χ3n) is 5.39. The summed E-state index contributed by atoms with van der Waals surface area (Å²) in [5.41, 5.74) is 1.65. The monoisotopic (exact) mass is 472 g/mol. The second-order valence-corrected chi connectivity index (χ2v) is 7.69. The van der Waals surface area contributed by atoms with Crippen molar-refractivity contribution in [1.82, 2.24) is 9.80 Å². The number of benzene rings is 2. The van der Waals surface area contributed by atoms with Gasteiger partial charge >= 0.3 is 0 Å². The molecule has 9 nitrogen and oxygen atoms in total. The van der Waals surface area contributed by atoms with Crippen LogP contribution in [-0.2, 0) is 16.0 Å². The lowest BCUT2D eigenvalue weighted by atomic mass is 9.94. The standard InChI is InChI=1S/C25H32N2O7/c28-14-10-26(11-15-29)24(33)22(25(34)27(12-16-30)13-17-31)18-19-6-8-21(9-7-19)23(32)20-4-2-1-3-5-20/h1-9,22,28-31H,10-18H2. The van der Waals surface area contributed by atoms with Crippen LogP contribution in [0.1, 0.15) is 21.5 Å². The van der Waals surface area contributed by atoms with Gasteiger partial charge in [0.05, 0.1) is 26.4 Å². The zero-order valence-electron chi connectivity index (χ0n) is 19.0. The molecule has 34 heavy (non-hydrogen) atoms. The molecule has 0 unspecified atom stereocenters. The van der Waals surface area contributed by atoms with Crippen LogP contribution in [0.2, 0.25) is 0 Å². The molecule has 184 valence electrons. The van der Waals surface area contributed by atoms with Crippen LogP contribution in [0.3, 0.4) is 0 Å². The van der Waals surface area contributed by atoms with Gasteiger partial charge in [-0.15, -0.1) is 0 Å². The van der Waals surface area contributed by atoms with Gasteiger partial charge in [0.2, 0.25) is 11.8 Å². The molecule has 2 aromatic rings.